The summed E-state index contributed by atoms with van der Waals surface area (Å²) < 4.78 is 5.59. The molecule has 1 aliphatic rings. The van der Waals surface area contributed by atoms with Gasteiger partial charge in [-0.2, -0.15) is 0 Å². The van der Waals surface area contributed by atoms with Crippen molar-refractivity contribution in [2.45, 2.75) is 32.3 Å². The van der Waals surface area contributed by atoms with Crippen LogP contribution in [0.1, 0.15) is 26.2 Å². The molecule has 1 aromatic rings. The Bertz CT molecular complexity index is 432. The van der Waals surface area contributed by atoms with Crippen molar-refractivity contribution in [3.63, 3.8) is 0 Å². The fourth-order valence-corrected chi connectivity index (χ4v) is 2.90. The van der Waals surface area contributed by atoms with E-state index in [4.69, 9.17) is 27.9 Å². The molecule has 21 heavy (non-hydrogen) atoms. The van der Waals surface area contributed by atoms with E-state index < -0.39 is 6.10 Å². The molecule has 1 N–H and O–H groups in total. The van der Waals surface area contributed by atoms with Crippen LogP contribution in [-0.4, -0.2) is 42.4 Å². The van der Waals surface area contributed by atoms with Gasteiger partial charge in [-0.25, -0.2) is 0 Å². The van der Waals surface area contributed by atoms with E-state index in [0.29, 0.717) is 22.3 Å². The van der Waals surface area contributed by atoms with Gasteiger partial charge in [0.15, 0.2) is 5.75 Å². The van der Waals surface area contributed by atoms with Gasteiger partial charge in [-0.1, -0.05) is 36.2 Å². The Hall–Kier alpha value is -0.480. The highest BCUT2D eigenvalue weighted by Gasteiger charge is 2.25. The van der Waals surface area contributed by atoms with Crippen LogP contribution in [0.25, 0.3) is 0 Å². The zero-order valence-corrected chi connectivity index (χ0v) is 13.9. The van der Waals surface area contributed by atoms with Crippen molar-refractivity contribution in [1.29, 1.82) is 0 Å². The lowest BCUT2D eigenvalue weighted by Crippen LogP contribution is -2.37. The summed E-state index contributed by atoms with van der Waals surface area (Å²) in [6, 6.07) is 5.23. The van der Waals surface area contributed by atoms with Crippen molar-refractivity contribution >= 4 is 23.2 Å². The minimum atomic E-state index is -0.539. The first-order chi connectivity index (χ1) is 10.1. The van der Waals surface area contributed by atoms with Crippen LogP contribution in [0, 0.1) is 5.92 Å². The Kier molecular flexibility index (Phi) is 6.62. The molecule has 0 heterocycles. The largest absolute Gasteiger partial charge is 0.488 e. The predicted octanol–water partition coefficient (Wildman–Crippen LogP) is 3.86. The highest BCUT2D eigenvalue weighted by molar-refractivity contribution is 6.37. The second-order valence-corrected chi connectivity index (χ2v) is 6.53. The van der Waals surface area contributed by atoms with Crippen LogP contribution in [-0.2, 0) is 0 Å². The quantitative estimate of drug-likeness (QED) is 0.745. The molecule has 0 amide bonds. The summed E-state index contributed by atoms with van der Waals surface area (Å²) in [6.07, 6.45) is 3.20. The number of aliphatic hydroxyl groups is 1. The van der Waals surface area contributed by atoms with Crippen LogP contribution in [0.2, 0.25) is 10.0 Å². The second-order valence-electron chi connectivity index (χ2n) is 5.72. The smallest absolute Gasteiger partial charge is 0.156 e. The molecule has 1 unspecified atom stereocenters. The summed E-state index contributed by atoms with van der Waals surface area (Å²) >= 11 is 12.1. The standard InChI is InChI=1S/C16H23Cl2NO2/c1-2-8-19(9-12-6-7-12)10-13(20)11-21-16-14(17)4-3-5-15(16)18/h3-5,12-13,20H,2,6-11H2,1H3. The van der Waals surface area contributed by atoms with E-state index in [0.717, 1.165) is 25.4 Å². The average molecular weight is 332 g/mol. The van der Waals surface area contributed by atoms with Gasteiger partial charge in [0.1, 0.15) is 12.7 Å². The average Bonchev–Trinajstić information content (AvgIpc) is 3.22. The summed E-state index contributed by atoms with van der Waals surface area (Å²) in [6.45, 7) is 5.09. The van der Waals surface area contributed by atoms with Crippen molar-refractivity contribution in [3.8, 4) is 5.75 Å². The molecule has 3 nitrogen and oxygen atoms in total. The molecule has 1 aliphatic carbocycles. The summed E-state index contributed by atoms with van der Waals surface area (Å²) in [5, 5.41) is 11.1. The maximum Gasteiger partial charge on any atom is 0.156 e. The lowest BCUT2D eigenvalue weighted by Gasteiger charge is -2.24. The number of halogens is 2. The zero-order chi connectivity index (χ0) is 15.2. The lowest BCUT2D eigenvalue weighted by atomic mass is 10.2. The summed E-state index contributed by atoms with van der Waals surface area (Å²) in [7, 11) is 0. The van der Waals surface area contributed by atoms with Gasteiger partial charge in [0.2, 0.25) is 0 Å². The minimum absolute atomic E-state index is 0.203. The lowest BCUT2D eigenvalue weighted by molar-refractivity contribution is 0.0666. The molecule has 5 heteroatoms. The van der Waals surface area contributed by atoms with Gasteiger partial charge >= 0.3 is 0 Å². The monoisotopic (exact) mass is 331 g/mol. The van der Waals surface area contributed by atoms with E-state index in [1.807, 2.05) is 0 Å². The zero-order valence-electron chi connectivity index (χ0n) is 12.4. The molecule has 0 spiro atoms. The van der Waals surface area contributed by atoms with Crippen molar-refractivity contribution in [2.75, 3.05) is 26.2 Å². The van der Waals surface area contributed by atoms with Gasteiger partial charge in [0.05, 0.1) is 10.0 Å². The van der Waals surface area contributed by atoms with E-state index >= 15 is 0 Å². The SMILES string of the molecule is CCCN(CC(O)COc1c(Cl)cccc1Cl)CC1CC1. The van der Waals surface area contributed by atoms with Crippen molar-refractivity contribution < 1.29 is 9.84 Å². The number of para-hydroxylation sites is 1. The summed E-state index contributed by atoms with van der Waals surface area (Å²) in [5.74, 6) is 1.27. The molecule has 118 valence electrons. The number of nitrogens with zero attached hydrogens (tertiary/aromatic N) is 1. The molecule has 1 aromatic carbocycles. The van der Waals surface area contributed by atoms with Crippen LogP contribution in [0.15, 0.2) is 18.2 Å². The first-order valence-electron chi connectivity index (χ1n) is 7.57. The minimum Gasteiger partial charge on any atom is -0.488 e. The number of aliphatic hydroxyl groups excluding tert-OH is 1. The highest BCUT2D eigenvalue weighted by atomic mass is 35.5. The molecular formula is C16H23Cl2NO2. The Morgan fingerprint density at radius 1 is 1.33 bits per heavy atom. The van der Waals surface area contributed by atoms with Crippen molar-refractivity contribution in [1.82, 2.24) is 4.90 Å². The number of benzene rings is 1. The van der Waals surface area contributed by atoms with Gasteiger partial charge in [0, 0.05) is 13.1 Å². The molecule has 1 saturated carbocycles. The van der Waals surface area contributed by atoms with Crippen LogP contribution < -0.4 is 4.74 Å². The predicted molar refractivity (Wildman–Crippen MR) is 87.4 cm³/mol. The first kappa shape index (κ1) is 16.9. The number of ether oxygens (including phenoxy) is 1. The third-order valence-electron chi connectivity index (χ3n) is 3.56. The Morgan fingerprint density at radius 2 is 2.00 bits per heavy atom. The molecule has 1 fully saturated rings. The fraction of sp³-hybridized carbons (Fsp3) is 0.625. The van der Waals surface area contributed by atoms with E-state index in [-0.39, 0.29) is 6.61 Å². The fourth-order valence-electron chi connectivity index (χ4n) is 2.39. The first-order valence-corrected chi connectivity index (χ1v) is 8.33. The van der Waals surface area contributed by atoms with Crippen LogP contribution in [0.4, 0.5) is 0 Å². The Balaban J connectivity index is 1.81. The third kappa shape index (κ3) is 5.67. The maximum absolute atomic E-state index is 10.2. The second kappa shape index (κ2) is 8.23. The summed E-state index contributed by atoms with van der Waals surface area (Å²) in [4.78, 5) is 2.32. The van der Waals surface area contributed by atoms with Gasteiger partial charge in [0.25, 0.3) is 0 Å². The Labute approximate surface area is 136 Å². The van der Waals surface area contributed by atoms with Gasteiger partial charge in [-0.05, 0) is 43.9 Å². The van der Waals surface area contributed by atoms with Crippen molar-refractivity contribution in [3.05, 3.63) is 28.2 Å². The van der Waals surface area contributed by atoms with Gasteiger partial charge < -0.3 is 14.7 Å². The third-order valence-corrected chi connectivity index (χ3v) is 4.16. The highest BCUT2D eigenvalue weighted by Crippen LogP contribution is 2.32. The number of hydrogen-bond donors (Lipinski definition) is 1. The molecule has 0 saturated heterocycles. The van der Waals surface area contributed by atoms with E-state index in [2.05, 4.69) is 11.8 Å². The number of rotatable bonds is 9. The van der Waals surface area contributed by atoms with Crippen molar-refractivity contribution in [2.24, 2.45) is 5.92 Å². The van der Waals surface area contributed by atoms with E-state index in [9.17, 15) is 5.11 Å². The van der Waals surface area contributed by atoms with E-state index in [1.165, 1.54) is 12.8 Å². The number of hydrogen-bond acceptors (Lipinski definition) is 3. The molecule has 2 rings (SSSR count). The molecule has 0 aromatic heterocycles. The molecular weight excluding hydrogens is 309 g/mol. The Morgan fingerprint density at radius 3 is 2.57 bits per heavy atom. The topological polar surface area (TPSA) is 32.7 Å². The van der Waals surface area contributed by atoms with Crippen LogP contribution >= 0.6 is 23.2 Å². The molecule has 0 radical (unpaired) electrons. The van der Waals surface area contributed by atoms with Crippen LogP contribution in [0.3, 0.4) is 0 Å². The molecule has 0 bridgehead atoms. The van der Waals surface area contributed by atoms with Gasteiger partial charge in [-0.15, -0.1) is 0 Å². The summed E-state index contributed by atoms with van der Waals surface area (Å²) in [5.41, 5.74) is 0. The molecule has 0 aliphatic heterocycles. The maximum atomic E-state index is 10.2. The van der Waals surface area contributed by atoms with Crippen LogP contribution in [0.5, 0.6) is 5.75 Å². The normalized spacial score (nSPS) is 16.2. The molecule has 1 atom stereocenters. The van der Waals surface area contributed by atoms with E-state index in [1.54, 1.807) is 18.2 Å². The van der Waals surface area contributed by atoms with Gasteiger partial charge in [-0.3, -0.25) is 0 Å².